The summed E-state index contributed by atoms with van der Waals surface area (Å²) in [5, 5.41) is 4.72. The zero-order valence-corrected chi connectivity index (χ0v) is 14.5. The number of fused-ring (bicyclic) bond motifs is 2. The Morgan fingerprint density at radius 1 is 1.00 bits per heavy atom. The van der Waals surface area contributed by atoms with Crippen LogP contribution in [0.25, 0.3) is 21.5 Å². The van der Waals surface area contributed by atoms with Crippen molar-refractivity contribution in [3.63, 3.8) is 0 Å². The third kappa shape index (κ3) is 3.00. The summed E-state index contributed by atoms with van der Waals surface area (Å²) < 4.78 is 11.5. The summed E-state index contributed by atoms with van der Waals surface area (Å²) in [6.45, 7) is 2.75. The van der Waals surface area contributed by atoms with E-state index in [0.717, 1.165) is 18.4 Å². The largest absolute Gasteiger partial charge is 0.464 e. The van der Waals surface area contributed by atoms with Gasteiger partial charge in [0.25, 0.3) is 0 Å². The van der Waals surface area contributed by atoms with Gasteiger partial charge in [-0.1, -0.05) is 48.5 Å². The lowest BCUT2D eigenvalue weighted by Crippen LogP contribution is -2.38. The van der Waals surface area contributed by atoms with Crippen LogP contribution in [-0.2, 0) is 20.9 Å². The molecule has 0 aromatic heterocycles. The number of ether oxygens (including phenoxy) is 2. The molecule has 1 atom stereocenters. The van der Waals surface area contributed by atoms with E-state index < -0.39 is 5.60 Å². The van der Waals surface area contributed by atoms with Crippen molar-refractivity contribution in [2.75, 3.05) is 6.61 Å². The van der Waals surface area contributed by atoms with Crippen LogP contribution in [0.5, 0.6) is 0 Å². The molecule has 1 aliphatic rings. The molecule has 1 aliphatic heterocycles. The Kier molecular flexibility index (Phi) is 4.18. The first kappa shape index (κ1) is 16.1. The summed E-state index contributed by atoms with van der Waals surface area (Å²) in [7, 11) is 0. The van der Waals surface area contributed by atoms with Crippen molar-refractivity contribution in [3.8, 4) is 0 Å². The van der Waals surface area contributed by atoms with Crippen LogP contribution in [0.2, 0.25) is 0 Å². The molecule has 0 spiro atoms. The van der Waals surface area contributed by atoms with Crippen molar-refractivity contribution in [3.05, 3.63) is 60.2 Å². The van der Waals surface area contributed by atoms with E-state index in [1.54, 1.807) is 0 Å². The van der Waals surface area contributed by atoms with E-state index in [-0.39, 0.29) is 5.97 Å². The molecule has 1 unspecified atom stereocenters. The average molecular weight is 334 g/mol. The molecule has 0 saturated carbocycles. The summed E-state index contributed by atoms with van der Waals surface area (Å²) in [6, 6.07) is 18.9. The van der Waals surface area contributed by atoms with Gasteiger partial charge in [-0.3, -0.25) is 0 Å². The molecule has 1 saturated heterocycles. The van der Waals surface area contributed by atoms with Crippen LogP contribution in [0.1, 0.15) is 31.7 Å². The lowest BCUT2D eigenvalue weighted by molar-refractivity contribution is -0.170. The quantitative estimate of drug-likeness (QED) is 0.500. The van der Waals surface area contributed by atoms with E-state index in [2.05, 4.69) is 30.3 Å². The standard InChI is InChI=1S/C22H22O3/c1-22(12-6-7-13-24-21(22)23)25-15-20-18-10-4-2-8-16(18)14-17-9-3-5-11-19(17)20/h2-5,8-11,14H,6-7,12-13,15H2,1H3. The number of carbonyl (C=O) groups excluding carboxylic acids is 1. The Morgan fingerprint density at radius 3 is 2.32 bits per heavy atom. The van der Waals surface area contributed by atoms with Crippen LogP contribution in [0, 0.1) is 0 Å². The van der Waals surface area contributed by atoms with Gasteiger partial charge in [0.05, 0.1) is 13.2 Å². The molecule has 0 bridgehead atoms. The first-order valence-electron chi connectivity index (χ1n) is 8.88. The molecule has 4 rings (SSSR count). The van der Waals surface area contributed by atoms with Gasteiger partial charge in [0.1, 0.15) is 0 Å². The number of rotatable bonds is 3. The third-order valence-electron chi connectivity index (χ3n) is 5.13. The fourth-order valence-electron chi connectivity index (χ4n) is 3.61. The van der Waals surface area contributed by atoms with Crippen LogP contribution in [0.3, 0.4) is 0 Å². The van der Waals surface area contributed by atoms with Crippen LogP contribution >= 0.6 is 0 Å². The maximum atomic E-state index is 12.3. The van der Waals surface area contributed by atoms with Crippen molar-refractivity contribution in [1.82, 2.24) is 0 Å². The highest BCUT2D eigenvalue weighted by molar-refractivity contribution is 6.02. The molecule has 0 amide bonds. The number of esters is 1. The number of benzene rings is 3. The number of carbonyl (C=O) groups is 1. The van der Waals surface area contributed by atoms with E-state index in [1.807, 2.05) is 31.2 Å². The Bertz CT molecular complexity index is 877. The average Bonchev–Trinajstić information content (AvgIpc) is 2.80. The molecule has 1 heterocycles. The third-order valence-corrected chi connectivity index (χ3v) is 5.13. The summed E-state index contributed by atoms with van der Waals surface area (Å²) in [5.41, 5.74) is 0.265. The van der Waals surface area contributed by atoms with Crippen LogP contribution in [0.4, 0.5) is 0 Å². The highest BCUT2D eigenvalue weighted by Gasteiger charge is 2.37. The van der Waals surface area contributed by atoms with Gasteiger partial charge in [-0.15, -0.1) is 0 Å². The summed E-state index contributed by atoms with van der Waals surface area (Å²) in [5.74, 6) is -0.241. The van der Waals surface area contributed by atoms with Crippen molar-refractivity contribution in [2.45, 2.75) is 38.4 Å². The van der Waals surface area contributed by atoms with Gasteiger partial charge in [0.2, 0.25) is 0 Å². The van der Waals surface area contributed by atoms with E-state index in [4.69, 9.17) is 9.47 Å². The Balaban J connectivity index is 1.76. The van der Waals surface area contributed by atoms with Crippen LogP contribution in [-0.4, -0.2) is 18.2 Å². The second kappa shape index (κ2) is 6.49. The van der Waals surface area contributed by atoms with E-state index in [0.29, 0.717) is 19.6 Å². The van der Waals surface area contributed by atoms with Crippen molar-refractivity contribution < 1.29 is 14.3 Å². The SMILES string of the molecule is CC1(OCc2c3ccccc3cc3ccccc23)CCCCOC1=O. The number of cyclic esters (lactones) is 1. The highest BCUT2D eigenvalue weighted by atomic mass is 16.6. The smallest absolute Gasteiger partial charge is 0.338 e. The fraction of sp³-hybridized carbons (Fsp3) is 0.318. The molecule has 3 heteroatoms. The molecule has 128 valence electrons. The second-order valence-electron chi connectivity index (χ2n) is 6.91. The maximum absolute atomic E-state index is 12.3. The van der Waals surface area contributed by atoms with Crippen LogP contribution in [0.15, 0.2) is 54.6 Å². The fourth-order valence-corrected chi connectivity index (χ4v) is 3.61. The second-order valence-corrected chi connectivity index (χ2v) is 6.91. The summed E-state index contributed by atoms with van der Waals surface area (Å²) in [6.07, 6.45) is 2.55. The minimum atomic E-state index is -0.867. The van der Waals surface area contributed by atoms with Gasteiger partial charge in [-0.2, -0.15) is 0 Å². The van der Waals surface area contributed by atoms with Crippen LogP contribution < -0.4 is 0 Å². The molecular formula is C22H22O3. The zero-order valence-electron chi connectivity index (χ0n) is 14.5. The van der Waals surface area contributed by atoms with E-state index >= 15 is 0 Å². The first-order valence-corrected chi connectivity index (χ1v) is 8.88. The van der Waals surface area contributed by atoms with Crippen molar-refractivity contribution in [2.24, 2.45) is 0 Å². The molecule has 0 aliphatic carbocycles. The normalized spacial score (nSPS) is 21.2. The van der Waals surface area contributed by atoms with Crippen molar-refractivity contribution in [1.29, 1.82) is 0 Å². The van der Waals surface area contributed by atoms with Gasteiger partial charge in [0.15, 0.2) is 5.60 Å². The number of hydrogen-bond acceptors (Lipinski definition) is 3. The Morgan fingerprint density at radius 2 is 1.64 bits per heavy atom. The Hall–Kier alpha value is -2.39. The molecule has 1 fully saturated rings. The summed E-state index contributed by atoms with van der Waals surface area (Å²) in [4.78, 5) is 12.3. The molecule has 3 aromatic rings. The van der Waals surface area contributed by atoms with E-state index in [9.17, 15) is 4.79 Å². The summed E-state index contributed by atoms with van der Waals surface area (Å²) >= 11 is 0. The molecule has 3 nitrogen and oxygen atoms in total. The molecule has 0 radical (unpaired) electrons. The topological polar surface area (TPSA) is 35.5 Å². The van der Waals surface area contributed by atoms with Gasteiger partial charge in [0, 0.05) is 0 Å². The lowest BCUT2D eigenvalue weighted by Gasteiger charge is -2.26. The first-order chi connectivity index (χ1) is 12.2. The molecule has 0 N–H and O–H groups in total. The molecular weight excluding hydrogens is 312 g/mol. The van der Waals surface area contributed by atoms with Gasteiger partial charge >= 0.3 is 5.97 Å². The number of hydrogen-bond donors (Lipinski definition) is 0. The monoisotopic (exact) mass is 334 g/mol. The minimum Gasteiger partial charge on any atom is -0.464 e. The highest BCUT2D eigenvalue weighted by Crippen LogP contribution is 2.32. The Labute approximate surface area is 147 Å². The zero-order chi connectivity index (χ0) is 17.3. The minimum absolute atomic E-state index is 0.241. The van der Waals surface area contributed by atoms with E-state index in [1.165, 1.54) is 21.5 Å². The molecule has 3 aromatic carbocycles. The predicted molar refractivity (Wildman–Crippen MR) is 99.5 cm³/mol. The predicted octanol–water partition coefficient (Wildman–Crippen LogP) is 5.00. The lowest BCUT2D eigenvalue weighted by atomic mass is 9.96. The maximum Gasteiger partial charge on any atom is 0.338 e. The molecule has 25 heavy (non-hydrogen) atoms. The van der Waals surface area contributed by atoms with Gasteiger partial charge < -0.3 is 9.47 Å². The van der Waals surface area contributed by atoms with Gasteiger partial charge in [-0.25, -0.2) is 4.79 Å². The van der Waals surface area contributed by atoms with Gasteiger partial charge in [-0.05, 0) is 59.4 Å². The van der Waals surface area contributed by atoms with Crippen molar-refractivity contribution >= 4 is 27.5 Å².